The number of amides is 1. The molecule has 26 heavy (non-hydrogen) atoms. The molecule has 1 fully saturated rings. The Bertz CT molecular complexity index is 728. The maximum Gasteiger partial charge on any atom is 0.321 e. The molecule has 9 heteroatoms. The van der Waals surface area contributed by atoms with Crippen molar-refractivity contribution < 1.29 is 27.1 Å². The predicted octanol–water partition coefficient (Wildman–Crippen LogP) is 1.44. The Balaban J connectivity index is 1.85. The van der Waals surface area contributed by atoms with Gasteiger partial charge in [-0.2, -0.15) is 4.72 Å². The van der Waals surface area contributed by atoms with Crippen LogP contribution < -0.4 is 4.72 Å². The molecule has 1 aliphatic heterocycles. The highest BCUT2D eigenvalue weighted by molar-refractivity contribution is 7.89. The number of hydrogen-bond donors (Lipinski definition) is 1. The molecule has 0 radical (unpaired) electrons. The Labute approximate surface area is 152 Å². The molecule has 0 bridgehead atoms. The van der Waals surface area contributed by atoms with E-state index in [0.29, 0.717) is 13.1 Å². The molecule has 1 atom stereocenters. The number of halogens is 1. The molecule has 0 aliphatic carbocycles. The quantitative estimate of drug-likeness (QED) is 0.747. The van der Waals surface area contributed by atoms with Crippen LogP contribution in [0.15, 0.2) is 29.2 Å². The van der Waals surface area contributed by atoms with Gasteiger partial charge in [0.1, 0.15) is 12.4 Å². The molecule has 1 N–H and O–H groups in total. The van der Waals surface area contributed by atoms with Gasteiger partial charge in [-0.1, -0.05) is 12.8 Å². The van der Waals surface area contributed by atoms with Crippen molar-refractivity contribution in [1.82, 2.24) is 9.62 Å². The summed E-state index contributed by atoms with van der Waals surface area (Å²) in [4.78, 5) is 25.7. The van der Waals surface area contributed by atoms with Crippen molar-refractivity contribution in [2.24, 2.45) is 0 Å². The second kappa shape index (κ2) is 9.09. The molecule has 1 amide bonds. The zero-order chi connectivity index (χ0) is 19.2. The lowest BCUT2D eigenvalue weighted by molar-refractivity contribution is -0.158. The third-order valence-electron chi connectivity index (χ3n) is 4.10. The van der Waals surface area contributed by atoms with Crippen molar-refractivity contribution in [3.63, 3.8) is 0 Å². The van der Waals surface area contributed by atoms with Crippen molar-refractivity contribution in [1.29, 1.82) is 0 Å². The number of sulfonamides is 1. The van der Waals surface area contributed by atoms with E-state index in [-0.39, 0.29) is 10.8 Å². The van der Waals surface area contributed by atoms with Crippen LogP contribution in [0.4, 0.5) is 4.39 Å². The molecule has 1 aromatic carbocycles. The number of benzene rings is 1. The molecular weight excluding hydrogens is 363 g/mol. The topological polar surface area (TPSA) is 92.8 Å². The number of esters is 1. The maximum absolute atomic E-state index is 12.9. The molecule has 144 valence electrons. The normalized spacial score (nSPS) is 16.6. The summed E-state index contributed by atoms with van der Waals surface area (Å²) in [6, 6.07) is 4.20. The van der Waals surface area contributed by atoms with Gasteiger partial charge in [0, 0.05) is 13.1 Å². The lowest BCUT2D eigenvalue weighted by Crippen LogP contribution is -2.42. The highest BCUT2D eigenvalue weighted by atomic mass is 32.2. The molecule has 1 heterocycles. The van der Waals surface area contributed by atoms with Crippen LogP contribution in [0, 0.1) is 5.82 Å². The number of nitrogens with zero attached hydrogens (tertiary/aromatic N) is 1. The summed E-state index contributed by atoms with van der Waals surface area (Å²) in [6.07, 6.45) is 3.01. The van der Waals surface area contributed by atoms with Crippen LogP contribution in [0.1, 0.15) is 32.6 Å². The molecule has 0 saturated carbocycles. The van der Waals surface area contributed by atoms with Gasteiger partial charge >= 0.3 is 5.97 Å². The van der Waals surface area contributed by atoms with Gasteiger partial charge in [0.25, 0.3) is 5.91 Å². The summed E-state index contributed by atoms with van der Waals surface area (Å²) < 4.78 is 44.1. The van der Waals surface area contributed by atoms with Gasteiger partial charge in [-0.3, -0.25) is 9.59 Å². The average molecular weight is 386 g/mol. The van der Waals surface area contributed by atoms with Gasteiger partial charge in [-0.05, 0) is 44.0 Å². The van der Waals surface area contributed by atoms with Crippen molar-refractivity contribution in [3.8, 4) is 0 Å². The van der Waals surface area contributed by atoms with Crippen molar-refractivity contribution in [2.75, 3.05) is 19.6 Å². The smallest absolute Gasteiger partial charge is 0.321 e. The first-order valence-electron chi connectivity index (χ1n) is 8.53. The molecular formula is C17H23FN2O5S. The summed E-state index contributed by atoms with van der Waals surface area (Å²) >= 11 is 0. The number of rotatable bonds is 6. The molecule has 2 rings (SSSR count). The first kappa shape index (κ1) is 20.3. The summed E-state index contributed by atoms with van der Waals surface area (Å²) in [7, 11) is -3.97. The largest absolute Gasteiger partial charge is 0.452 e. The third kappa shape index (κ3) is 5.77. The van der Waals surface area contributed by atoms with E-state index >= 15 is 0 Å². The molecule has 7 nitrogen and oxygen atoms in total. The minimum Gasteiger partial charge on any atom is -0.452 e. The Morgan fingerprint density at radius 3 is 2.31 bits per heavy atom. The van der Waals surface area contributed by atoms with Crippen molar-refractivity contribution in [2.45, 2.75) is 43.6 Å². The van der Waals surface area contributed by atoms with Crippen LogP contribution in [0.2, 0.25) is 0 Å². The fraction of sp³-hybridized carbons (Fsp3) is 0.529. The van der Waals surface area contributed by atoms with Crippen LogP contribution >= 0.6 is 0 Å². The highest BCUT2D eigenvalue weighted by Gasteiger charge is 2.25. The van der Waals surface area contributed by atoms with E-state index in [2.05, 4.69) is 4.72 Å². The van der Waals surface area contributed by atoms with Crippen LogP contribution in [-0.4, -0.2) is 50.9 Å². The second-order valence-corrected chi connectivity index (χ2v) is 7.92. The van der Waals surface area contributed by atoms with E-state index in [9.17, 15) is 22.4 Å². The van der Waals surface area contributed by atoms with E-state index < -0.39 is 34.5 Å². The van der Waals surface area contributed by atoms with E-state index in [1.807, 2.05) is 0 Å². The maximum atomic E-state index is 12.9. The Morgan fingerprint density at radius 1 is 1.15 bits per heavy atom. The zero-order valence-corrected chi connectivity index (χ0v) is 15.4. The van der Waals surface area contributed by atoms with Crippen LogP contribution in [0.25, 0.3) is 0 Å². The van der Waals surface area contributed by atoms with Gasteiger partial charge in [-0.15, -0.1) is 0 Å². The van der Waals surface area contributed by atoms with Gasteiger partial charge in [0.2, 0.25) is 10.0 Å². The summed E-state index contributed by atoms with van der Waals surface area (Å²) in [6.45, 7) is 2.13. The molecule has 1 aliphatic rings. The molecule has 1 aromatic rings. The highest BCUT2D eigenvalue weighted by Crippen LogP contribution is 2.12. The average Bonchev–Trinajstić information content (AvgIpc) is 2.89. The first-order chi connectivity index (χ1) is 12.3. The Kier molecular flexibility index (Phi) is 7.10. The van der Waals surface area contributed by atoms with E-state index in [0.717, 1.165) is 49.9 Å². The number of carbonyl (C=O) groups excluding carboxylic acids is 2. The lowest BCUT2D eigenvalue weighted by Gasteiger charge is -2.24. The van der Waals surface area contributed by atoms with Crippen LogP contribution in [-0.2, 0) is 24.3 Å². The van der Waals surface area contributed by atoms with Gasteiger partial charge in [0.05, 0.1) is 4.90 Å². The zero-order valence-electron chi connectivity index (χ0n) is 14.6. The third-order valence-corrected chi connectivity index (χ3v) is 5.52. The van der Waals surface area contributed by atoms with E-state index in [1.54, 1.807) is 4.90 Å². The standard InChI is InChI=1S/C17H23FN2O5S/c1-13(17(22)20-10-4-2-3-5-11-20)25-16(21)12-19-26(23,24)15-8-6-14(18)7-9-15/h6-9,13,19H,2-5,10-12H2,1H3/t13-/m1/s1. The Hall–Kier alpha value is -2.00. The van der Waals surface area contributed by atoms with Crippen molar-refractivity contribution in [3.05, 3.63) is 30.1 Å². The molecule has 0 unspecified atom stereocenters. The molecule has 1 saturated heterocycles. The van der Waals surface area contributed by atoms with E-state index in [1.165, 1.54) is 6.92 Å². The SMILES string of the molecule is C[C@@H](OC(=O)CNS(=O)(=O)c1ccc(F)cc1)C(=O)N1CCCCCC1. The van der Waals surface area contributed by atoms with Gasteiger partial charge in [-0.25, -0.2) is 12.8 Å². The van der Waals surface area contributed by atoms with E-state index in [4.69, 9.17) is 4.74 Å². The molecule has 0 aromatic heterocycles. The fourth-order valence-electron chi connectivity index (χ4n) is 2.69. The summed E-state index contributed by atoms with van der Waals surface area (Å²) in [5.74, 6) is -1.70. The number of ether oxygens (including phenoxy) is 1. The van der Waals surface area contributed by atoms with Gasteiger partial charge in [0.15, 0.2) is 6.10 Å². The number of carbonyl (C=O) groups is 2. The lowest BCUT2D eigenvalue weighted by atomic mass is 10.2. The fourth-order valence-corrected chi connectivity index (χ4v) is 3.66. The monoisotopic (exact) mass is 386 g/mol. The number of nitrogens with one attached hydrogen (secondary N) is 1. The van der Waals surface area contributed by atoms with Crippen LogP contribution in [0.3, 0.4) is 0 Å². The first-order valence-corrected chi connectivity index (χ1v) is 10.0. The minimum absolute atomic E-state index is 0.166. The van der Waals surface area contributed by atoms with Crippen molar-refractivity contribution >= 4 is 21.9 Å². The summed E-state index contributed by atoms with van der Waals surface area (Å²) in [5.41, 5.74) is 0. The van der Waals surface area contributed by atoms with Gasteiger partial charge < -0.3 is 9.64 Å². The minimum atomic E-state index is -3.97. The number of hydrogen-bond acceptors (Lipinski definition) is 5. The van der Waals surface area contributed by atoms with Crippen LogP contribution in [0.5, 0.6) is 0 Å². The molecule has 0 spiro atoms. The predicted molar refractivity (Wildman–Crippen MR) is 92.2 cm³/mol. The Morgan fingerprint density at radius 2 is 1.73 bits per heavy atom. The summed E-state index contributed by atoms with van der Waals surface area (Å²) in [5, 5.41) is 0. The number of likely N-dealkylation sites (tertiary alicyclic amines) is 1. The second-order valence-electron chi connectivity index (χ2n) is 6.15.